The van der Waals surface area contributed by atoms with E-state index in [1.807, 2.05) is 34.5 Å². The molecule has 6 rings (SSSR count). The number of benzene rings is 2. The van der Waals surface area contributed by atoms with E-state index in [4.69, 9.17) is 0 Å². The Balaban J connectivity index is 1.48. The molecule has 37 heavy (non-hydrogen) atoms. The highest BCUT2D eigenvalue weighted by Crippen LogP contribution is 2.43. The smallest absolute Gasteiger partial charge is 0.278 e. The van der Waals surface area contributed by atoms with E-state index in [9.17, 15) is 14.7 Å². The van der Waals surface area contributed by atoms with Crippen molar-refractivity contribution < 1.29 is 9.90 Å². The largest absolute Gasteiger partial charge is 0.502 e. The van der Waals surface area contributed by atoms with Gasteiger partial charge in [-0.1, -0.05) is 42.5 Å². The molecular weight excluding hydrogens is 504 g/mol. The van der Waals surface area contributed by atoms with E-state index in [-0.39, 0.29) is 23.7 Å². The minimum atomic E-state index is -0.542. The Morgan fingerprint density at radius 3 is 2.54 bits per heavy atom. The Labute approximate surface area is 225 Å². The summed E-state index contributed by atoms with van der Waals surface area (Å²) >= 11 is 3.77. The van der Waals surface area contributed by atoms with E-state index in [1.165, 1.54) is 22.1 Å². The van der Waals surface area contributed by atoms with Crippen LogP contribution in [0.1, 0.15) is 40.1 Å². The predicted molar refractivity (Wildman–Crippen MR) is 149 cm³/mol. The fourth-order valence-corrected chi connectivity index (χ4v) is 7.64. The standard InChI is InChI=1S/C28H30N4O3S2/c1-19(16-29-12-14-36-15-13-29)30-18-32(31-11-10-23(33)27(34)26(31)28(30)35)25-21-7-3-2-6-20(21)17-37-24-9-5-4-8-22(24)25/h2-11,19,25,34H,12-18H2,1H3. The number of hydrogen-bond acceptors (Lipinski definition) is 7. The summed E-state index contributed by atoms with van der Waals surface area (Å²) in [5, 5.41) is 13.0. The van der Waals surface area contributed by atoms with Crippen LogP contribution >= 0.6 is 23.5 Å². The van der Waals surface area contributed by atoms with Crippen LogP contribution in [0.4, 0.5) is 0 Å². The van der Waals surface area contributed by atoms with Gasteiger partial charge >= 0.3 is 0 Å². The molecule has 0 bridgehead atoms. The zero-order valence-electron chi connectivity index (χ0n) is 20.7. The molecule has 2 aromatic carbocycles. The molecule has 3 aliphatic heterocycles. The fourth-order valence-electron chi connectivity index (χ4n) is 5.57. The third kappa shape index (κ3) is 4.43. The molecular formula is C28H30N4O3S2. The predicted octanol–water partition coefficient (Wildman–Crippen LogP) is 3.74. The van der Waals surface area contributed by atoms with Gasteiger partial charge in [-0.05, 0) is 29.7 Å². The molecule has 1 aromatic heterocycles. The third-order valence-corrected chi connectivity index (χ3v) is 9.57. The molecule has 9 heteroatoms. The Bertz CT molecular complexity index is 1340. The van der Waals surface area contributed by atoms with Crippen molar-refractivity contribution in [2.75, 3.05) is 42.8 Å². The lowest BCUT2D eigenvalue weighted by Crippen LogP contribution is -2.59. The van der Waals surface area contributed by atoms with Gasteiger partial charge in [0.1, 0.15) is 6.67 Å². The van der Waals surface area contributed by atoms with Gasteiger partial charge in [0.15, 0.2) is 11.4 Å². The van der Waals surface area contributed by atoms with Crippen LogP contribution in [-0.2, 0) is 5.75 Å². The number of amides is 1. The number of fused-ring (bicyclic) bond motifs is 3. The molecule has 1 saturated heterocycles. The zero-order chi connectivity index (χ0) is 25.5. The Morgan fingerprint density at radius 1 is 1.00 bits per heavy atom. The van der Waals surface area contributed by atoms with Gasteiger partial charge < -0.3 is 10.0 Å². The minimum Gasteiger partial charge on any atom is -0.502 e. The monoisotopic (exact) mass is 534 g/mol. The first kappa shape index (κ1) is 24.5. The molecule has 0 saturated carbocycles. The summed E-state index contributed by atoms with van der Waals surface area (Å²) in [4.78, 5) is 31.7. The molecule has 7 nitrogen and oxygen atoms in total. The van der Waals surface area contributed by atoms with Crippen LogP contribution in [0.5, 0.6) is 5.75 Å². The molecule has 192 valence electrons. The normalized spacial score (nSPS) is 20.6. The summed E-state index contributed by atoms with van der Waals surface area (Å²) in [6.45, 7) is 5.17. The van der Waals surface area contributed by atoms with E-state index in [0.717, 1.165) is 42.5 Å². The number of pyridine rings is 1. The van der Waals surface area contributed by atoms with Crippen molar-refractivity contribution in [1.82, 2.24) is 14.5 Å². The van der Waals surface area contributed by atoms with Gasteiger partial charge in [0.2, 0.25) is 5.43 Å². The van der Waals surface area contributed by atoms with Crippen molar-refractivity contribution in [3.8, 4) is 5.75 Å². The number of nitrogens with zero attached hydrogens (tertiary/aromatic N) is 4. The molecule has 0 radical (unpaired) electrons. The summed E-state index contributed by atoms with van der Waals surface area (Å²) in [7, 11) is 0. The summed E-state index contributed by atoms with van der Waals surface area (Å²) < 4.78 is 1.70. The number of aromatic hydroxyl groups is 1. The summed E-state index contributed by atoms with van der Waals surface area (Å²) in [5.74, 6) is 2.24. The molecule has 0 aliphatic carbocycles. The average Bonchev–Trinajstić information content (AvgIpc) is 3.08. The maximum Gasteiger partial charge on any atom is 0.278 e. The second kappa shape index (κ2) is 10.1. The molecule has 1 amide bonds. The number of carbonyl (C=O) groups excluding carboxylic acids is 1. The Morgan fingerprint density at radius 2 is 1.73 bits per heavy atom. The summed E-state index contributed by atoms with van der Waals surface area (Å²) in [6.07, 6.45) is 1.63. The van der Waals surface area contributed by atoms with Gasteiger partial charge in [0, 0.05) is 60.1 Å². The number of hydrogen-bond donors (Lipinski definition) is 1. The molecule has 1 fully saturated rings. The molecule has 3 aliphatic rings. The van der Waals surface area contributed by atoms with E-state index in [0.29, 0.717) is 6.67 Å². The lowest BCUT2D eigenvalue weighted by Gasteiger charge is -2.46. The van der Waals surface area contributed by atoms with Gasteiger partial charge in [-0.15, -0.1) is 11.8 Å². The van der Waals surface area contributed by atoms with Crippen LogP contribution in [0.25, 0.3) is 0 Å². The second-order valence-corrected chi connectivity index (χ2v) is 12.0. The highest BCUT2D eigenvalue weighted by molar-refractivity contribution is 7.99. The molecule has 1 N–H and O–H groups in total. The molecule has 0 spiro atoms. The van der Waals surface area contributed by atoms with Crippen LogP contribution in [0, 0.1) is 0 Å². The van der Waals surface area contributed by atoms with E-state index in [2.05, 4.69) is 59.3 Å². The maximum absolute atomic E-state index is 13.8. The summed E-state index contributed by atoms with van der Waals surface area (Å²) in [5.41, 5.74) is 3.05. The van der Waals surface area contributed by atoms with Crippen molar-refractivity contribution >= 4 is 29.4 Å². The highest BCUT2D eigenvalue weighted by atomic mass is 32.2. The molecule has 4 heterocycles. The minimum absolute atomic E-state index is 0.0339. The van der Waals surface area contributed by atoms with Crippen molar-refractivity contribution in [3.05, 3.63) is 93.4 Å². The number of aromatic nitrogens is 1. The van der Waals surface area contributed by atoms with Gasteiger partial charge in [-0.2, -0.15) is 11.8 Å². The Kier molecular flexibility index (Phi) is 6.69. The second-order valence-electron chi connectivity index (χ2n) is 9.77. The first-order valence-electron chi connectivity index (χ1n) is 12.6. The van der Waals surface area contributed by atoms with Crippen molar-refractivity contribution in [2.45, 2.75) is 29.7 Å². The van der Waals surface area contributed by atoms with Crippen LogP contribution in [0.15, 0.2) is 70.5 Å². The number of rotatable bonds is 4. The average molecular weight is 535 g/mol. The van der Waals surface area contributed by atoms with Gasteiger partial charge in [0.05, 0.1) is 6.04 Å². The fraction of sp³-hybridized carbons (Fsp3) is 0.357. The van der Waals surface area contributed by atoms with Crippen molar-refractivity contribution in [3.63, 3.8) is 0 Å². The SMILES string of the molecule is CC(CN1CCSCC1)N1CN(C2c3ccccc3CSc3ccccc32)n2ccc(=O)c(O)c2C1=O. The van der Waals surface area contributed by atoms with Crippen molar-refractivity contribution in [2.24, 2.45) is 0 Å². The van der Waals surface area contributed by atoms with Gasteiger partial charge in [0.25, 0.3) is 5.91 Å². The lowest BCUT2D eigenvalue weighted by molar-refractivity contribution is 0.0560. The van der Waals surface area contributed by atoms with Gasteiger partial charge in [-0.25, -0.2) is 0 Å². The van der Waals surface area contributed by atoms with E-state index < -0.39 is 11.2 Å². The first-order chi connectivity index (χ1) is 18.0. The number of thioether (sulfide) groups is 2. The van der Waals surface area contributed by atoms with E-state index >= 15 is 0 Å². The number of carbonyl (C=O) groups is 1. The summed E-state index contributed by atoms with van der Waals surface area (Å²) in [6, 6.07) is 17.9. The maximum atomic E-state index is 13.8. The van der Waals surface area contributed by atoms with Crippen LogP contribution < -0.4 is 10.4 Å². The first-order valence-corrected chi connectivity index (χ1v) is 14.8. The highest BCUT2D eigenvalue weighted by Gasteiger charge is 2.40. The molecule has 2 unspecified atom stereocenters. The zero-order valence-corrected chi connectivity index (χ0v) is 22.4. The Hall–Kier alpha value is -2.88. The van der Waals surface area contributed by atoms with Crippen LogP contribution in [0.3, 0.4) is 0 Å². The lowest BCUT2D eigenvalue weighted by atomic mass is 9.94. The molecule has 3 aromatic rings. The van der Waals surface area contributed by atoms with Crippen LogP contribution in [0.2, 0.25) is 0 Å². The topological polar surface area (TPSA) is 69.0 Å². The quantitative estimate of drug-likeness (QED) is 0.547. The molecule has 2 atom stereocenters. The van der Waals surface area contributed by atoms with E-state index in [1.54, 1.807) is 10.9 Å². The third-order valence-electron chi connectivity index (χ3n) is 7.49. The van der Waals surface area contributed by atoms with Crippen LogP contribution in [-0.4, -0.2) is 69.3 Å². The van der Waals surface area contributed by atoms with Gasteiger partial charge in [-0.3, -0.25) is 24.2 Å². The van der Waals surface area contributed by atoms with Crippen molar-refractivity contribution in [1.29, 1.82) is 0 Å².